The Kier molecular flexibility index (Phi) is 5.15. The van der Waals surface area contributed by atoms with E-state index in [9.17, 15) is 26.4 Å². The molecule has 0 bridgehead atoms. The lowest BCUT2D eigenvalue weighted by Crippen LogP contribution is -2.49. The van der Waals surface area contributed by atoms with Crippen LogP contribution in [0.1, 0.15) is 13.8 Å². The normalized spacial score (nSPS) is 13.0. The van der Waals surface area contributed by atoms with Gasteiger partial charge in [-0.25, -0.2) is 8.42 Å². The fraction of sp³-hybridized carbons (Fsp3) is 0.364. The maximum atomic E-state index is 12.4. The van der Waals surface area contributed by atoms with E-state index in [1.165, 1.54) is 6.07 Å². The number of carbonyl (C=O) groups is 1. The van der Waals surface area contributed by atoms with Crippen molar-refractivity contribution in [2.75, 3.05) is 0 Å². The minimum absolute atomic E-state index is 0.156. The highest BCUT2D eigenvalue weighted by molar-refractivity contribution is 9.10. The number of ether oxygens (including phenoxy) is 1. The van der Waals surface area contributed by atoms with E-state index < -0.39 is 38.5 Å². The number of benzene rings is 1. The Morgan fingerprint density at radius 1 is 1.32 bits per heavy atom. The SMILES string of the molecule is CC(C)(NS(=O)(=O)c1ccc(Br)cc1OC(F)(F)F)C(=O)O. The number of carboxylic acid groups (broad SMARTS) is 1. The number of aliphatic carboxylic acids is 1. The van der Waals surface area contributed by atoms with Crippen molar-refractivity contribution in [1.29, 1.82) is 0 Å². The molecule has 1 aromatic rings. The number of rotatable bonds is 5. The number of hydrogen-bond donors (Lipinski definition) is 2. The zero-order valence-corrected chi connectivity index (χ0v) is 13.6. The van der Waals surface area contributed by atoms with Crippen LogP contribution in [0.4, 0.5) is 13.2 Å². The lowest BCUT2D eigenvalue weighted by Gasteiger charge is -2.22. The Hall–Kier alpha value is -1.33. The van der Waals surface area contributed by atoms with E-state index in [0.717, 1.165) is 26.0 Å². The van der Waals surface area contributed by atoms with Gasteiger partial charge >= 0.3 is 12.3 Å². The van der Waals surface area contributed by atoms with Crippen molar-refractivity contribution in [2.45, 2.75) is 30.6 Å². The average molecular weight is 406 g/mol. The Bertz CT molecular complexity index is 687. The first kappa shape index (κ1) is 18.7. The van der Waals surface area contributed by atoms with Gasteiger partial charge in [-0.1, -0.05) is 15.9 Å². The second-order valence-electron chi connectivity index (χ2n) is 4.67. The third kappa shape index (κ3) is 4.85. The largest absolute Gasteiger partial charge is 0.573 e. The molecule has 0 heterocycles. The van der Waals surface area contributed by atoms with Gasteiger partial charge in [-0.05, 0) is 32.0 Å². The quantitative estimate of drug-likeness (QED) is 0.784. The van der Waals surface area contributed by atoms with Crippen molar-refractivity contribution in [1.82, 2.24) is 4.72 Å². The Balaban J connectivity index is 3.33. The molecule has 0 spiro atoms. The number of halogens is 4. The van der Waals surface area contributed by atoms with E-state index in [2.05, 4.69) is 20.7 Å². The van der Waals surface area contributed by atoms with Crippen molar-refractivity contribution in [3.63, 3.8) is 0 Å². The van der Waals surface area contributed by atoms with Gasteiger partial charge < -0.3 is 9.84 Å². The zero-order chi connectivity index (χ0) is 17.3. The highest BCUT2D eigenvalue weighted by atomic mass is 79.9. The van der Waals surface area contributed by atoms with Gasteiger partial charge in [0, 0.05) is 4.47 Å². The number of carboxylic acids is 1. The molecule has 0 fully saturated rings. The molecule has 11 heteroatoms. The third-order valence-corrected chi connectivity index (χ3v) is 4.53. The van der Waals surface area contributed by atoms with Crippen molar-refractivity contribution >= 4 is 31.9 Å². The number of sulfonamides is 1. The molecule has 2 N–H and O–H groups in total. The van der Waals surface area contributed by atoms with Crippen LogP contribution in [0.5, 0.6) is 5.75 Å². The Morgan fingerprint density at radius 3 is 2.32 bits per heavy atom. The van der Waals surface area contributed by atoms with Crippen LogP contribution in [-0.4, -0.2) is 31.4 Å². The standard InChI is InChI=1S/C11H11BrF3NO5S/c1-10(2,9(17)18)16-22(19,20)8-4-3-6(12)5-7(8)21-11(13,14)15/h3-5,16H,1-2H3,(H,17,18). The molecule has 0 aliphatic heterocycles. The molecule has 0 aliphatic rings. The third-order valence-electron chi connectivity index (χ3n) is 2.35. The van der Waals surface area contributed by atoms with E-state index in [0.29, 0.717) is 0 Å². The van der Waals surface area contributed by atoms with Crippen LogP contribution in [0.25, 0.3) is 0 Å². The first-order chi connectivity index (χ1) is 9.74. The zero-order valence-electron chi connectivity index (χ0n) is 11.2. The van der Waals surface area contributed by atoms with E-state index in [1.807, 2.05) is 0 Å². The van der Waals surface area contributed by atoms with Gasteiger partial charge in [0.15, 0.2) is 5.75 Å². The van der Waals surface area contributed by atoms with Gasteiger partial charge in [0.2, 0.25) is 10.0 Å². The summed E-state index contributed by atoms with van der Waals surface area (Å²) in [5, 5.41) is 8.91. The highest BCUT2D eigenvalue weighted by Gasteiger charge is 2.37. The average Bonchev–Trinajstić information content (AvgIpc) is 2.24. The predicted molar refractivity (Wildman–Crippen MR) is 72.9 cm³/mol. The summed E-state index contributed by atoms with van der Waals surface area (Å²) in [6.45, 7) is 2.10. The van der Waals surface area contributed by atoms with Crippen LogP contribution in [0.2, 0.25) is 0 Å². The first-order valence-electron chi connectivity index (χ1n) is 5.57. The molecular weight excluding hydrogens is 395 g/mol. The molecule has 0 saturated heterocycles. The van der Waals surface area contributed by atoms with E-state index in [4.69, 9.17) is 5.11 Å². The summed E-state index contributed by atoms with van der Waals surface area (Å²) in [7, 11) is -4.56. The maximum absolute atomic E-state index is 12.4. The second kappa shape index (κ2) is 6.05. The lowest BCUT2D eigenvalue weighted by atomic mass is 10.1. The minimum Gasteiger partial charge on any atom is -0.480 e. The van der Waals surface area contributed by atoms with Crippen LogP contribution < -0.4 is 9.46 Å². The number of nitrogens with one attached hydrogen (secondary N) is 1. The smallest absolute Gasteiger partial charge is 0.480 e. The van der Waals surface area contributed by atoms with E-state index >= 15 is 0 Å². The fourth-order valence-corrected chi connectivity index (χ4v) is 3.16. The summed E-state index contributed by atoms with van der Waals surface area (Å²) in [6, 6.07) is 2.87. The van der Waals surface area contributed by atoms with Crippen molar-refractivity contribution in [3.05, 3.63) is 22.7 Å². The Morgan fingerprint density at radius 2 is 1.86 bits per heavy atom. The molecule has 0 radical (unpaired) electrons. The van der Waals surface area contributed by atoms with Gasteiger partial charge in [0.1, 0.15) is 10.4 Å². The molecule has 0 atom stereocenters. The van der Waals surface area contributed by atoms with Gasteiger partial charge in [-0.15, -0.1) is 13.2 Å². The topological polar surface area (TPSA) is 92.7 Å². The molecule has 22 heavy (non-hydrogen) atoms. The summed E-state index contributed by atoms with van der Waals surface area (Å²) >= 11 is 2.90. The summed E-state index contributed by atoms with van der Waals surface area (Å²) in [5.74, 6) is -2.47. The van der Waals surface area contributed by atoms with Crippen LogP contribution >= 0.6 is 15.9 Å². The predicted octanol–water partition coefficient (Wildman–Crippen LogP) is 2.49. The minimum atomic E-state index is -5.10. The molecule has 0 amide bonds. The monoisotopic (exact) mass is 405 g/mol. The molecular formula is C11H11BrF3NO5S. The van der Waals surface area contributed by atoms with Gasteiger partial charge in [0.25, 0.3) is 0 Å². The molecule has 6 nitrogen and oxygen atoms in total. The molecule has 0 aromatic heterocycles. The molecule has 0 unspecified atom stereocenters. The maximum Gasteiger partial charge on any atom is 0.573 e. The Labute approximate surface area is 132 Å². The van der Waals surface area contributed by atoms with Crippen LogP contribution in [0.3, 0.4) is 0 Å². The number of alkyl halides is 3. The van der Waals surface area contributed by atoms with Crippen molar-refractivity contribution in [2.24, 2.45) is 0 Å². The number of hydrogen-bond acceptors (Lipinski definition) is 4. The van der Waals surface area contributed by atoms with Crippen LogP contribution in [0.15, 0.2) is 27.6 Å². The van der Waals surface area contributed by atoms with Crippen molar-refractivity contribution < 1.29 is 36.2 Å². The molecule has 1 aromatic carbocycles. The highest BCUT2D eigenvalue weighted by Crippen LogP contribution is 2.32. The summed E-state index contributed by atoms with van der Waals surface area (Å²) in [5.41, 5.74) is -1.92. The van der Waals surface area contributed by atoms with Crippen molar-refractivity contribution in [3.8, 4) is 5.75 Å². The van der Waals surface area contributed by atoms with Crippen LogP contribution in [0, 0.1) is 0 Å². The lowest BCUT2D eigenvalue weighted by molar-refractivity contribution is -0.275. The van der Waals surface area contributed by atoms with E-state index in [1.54, 1.807) is 4.72 Å². The van der Waals surface area contributed by atoms with Crippen LogP contribution in [-0.2, 0) is 14.8 Å². The summed E-state index contributed by atoms with van der Waals surface area (Å²) in [4.78, 5) is 10.1. The van der Waals surface area contributed by atoms with Gasteiger partial charge in [0.05, 0.1) is 0 Å². The fourth-order valence-electron chi connectivity index (χ4n) is 1.34. The molecule has 0 aliphatic carbocycles. The molecule has 0 saturated carbocycles. The summed E-state index contributed by atoms with van der Waals surface area (Å²) in [6.07, 6.45) is -5.10. The molecule has 124 valence electrons. The first-order valence-corrected chi connectivity index (χ1v) is 7.85. The van der Waals surface area contributed by atoms with Gasteiger partial charge in [-0.2, -0.15) is 4.72 Å². The van der Waals surface area contributed by atoms with Gasteiger partial charge in [-0.3, -0.25) is 4.79 Å². The summed E-state index contributed by atoms with van der Waals surface area (Å²) < 4.78 is 67.0. The molecule has 1 rings (SSSR count). The second-order valence-corrected chi connectivity index (χ2v) is 7.24. The van der Waals surface area contributed by atoms with E-state index in [-0.39, 0.29) is 4.47 Å².